The summed E-state index contributed by atoms with van der Waals surface area (Å²) in [4.78, 5) is 21.2. The summed E-state index contributed by atoms with van der Waals surface area (Å²) in [5.74, 6) is 0.691. The maximum absolute atomic E-state index is 12.3. The number of aromatic nitrogens is 4. The molecule has 2 heterocycles. The van der Waals surface area contributed by atoms with E-state index in [0.717, 1.165) is 46.3 Å². The second kappa shape index (κ2) is 7.01. The van der Waals surface area contributed by atoms with Crippen LogP contribution in [-0.2, 0) is 4.79 Å². The number of nitrogens with one attached hydrogen (secondary N) is 2. The van der Waals surface area contributed by atoms with Crippen LogP contribution in [0, 0.1) is 5.92 Å². The molecule has 1 aliphatic rings. The molecular formula is C22H19N5O2. The summed E-state index contributed by atoms with van der Waals surface area (Å²) in [7, 11) is 1.58. The highest BCUT2D eigenvalue weighted by Gasteiger charge is 2.30. The standard InChI is InChI=1S/C22H19N5O2/c1-29-19-10-17-15(9-18(19)26-22(28)14-7-8-14)20(24-12-23-17)21-16(11-25-27-21)13-5-3-2-4-6-13/h2-6,9-12,14H,7-8H2,1H3,(H,25,27)(H,26,28). The Bertz CT molecular complexity index is 1200. The minimum absolute atomic E-state index is 0.0209. The molecular weight excluding hydrogens is 366 g/mol. The molecule has 0 unspecified atom stereocenters. The molecule has 0 saturated heterocycles. The Balaban J connectivity index is 1.65. The van der Waals surface area contributed by atoms with E-state index in [4.69, 9.17) is 4.74 Å². The number of benzene rings is 2. The molecule has 1 saturated carbocycles. The normalized spacial score (nSPS) is 13.4. The molecule has 4 aromatic rings. The number of nitrogens with zero attached hydrogens (tertiary/aromatic N) is 3. The molecule has 0 spiro atoms. The molecule has 7 nitrogen and oxygen atoms in total. The third-order valence-electron chi connectivity index (χ3n) is 5.12. The SMILES string of the molecule is COc1cc2ncnc(-c3[nH]ncc3-c3ccccc3)c2cc1NC(=O)C1CC1. The van der Waals surface area contributed by atoms with Crippen LogP contribution in [0.3, 0.4) is 0 Å². The molecule has 0 radical (unpaired) electrons. The highest BCUT2D eigenvalue weighted by atomic mass is 16.5. The van der Waals surface area contributed by atoms with Crippen molar-refractivity contribution >= 4 is 22.5 Å². The zero-order valence-electron chi connectivity index (χ0n) is 15.8. The van der Waals surface area contributed by atoms with Crippen LogP contribution in [0.4, 0.5) is 5.69 Å². The number of amides is 1. The van der Waals surface area contributed by atoms with Crippen molar-refractivity contribution < 1.29 is 9.53 Å². The quantitative estimate of drug-likeness (QED) is 0.541. The van der Waals surface area contributed by atoms with E-state index in [1.807, 2.05) is 42.5 Å². The van der Waals surface area contributed by atoms with Crippen molar-refractivity contribution in [1.82, 2.24) is 20.2 Å². The van der Waals surface area contributed by atoms with E-state index in [9.17, 15) is 4.79 Å². The van der Waals surface area contributed by atoms with Gasteiger partial charge in [-0.2, -0.15) is 5.10 Å². The van der Waals surface area contributed by atoms with Gasteiger partial charge in [0.2, 0.25) is 5.91 Å². The molecule has 2 aromatic heterocycles. The molecule has 0 atom stereocenters. The van der Waals surface area contributed by atoms with Crippen LogP contribution < -0.4 is 10.1 Å². The highest BCUT2D eigenvalue weighted by molar-refractivity contribution is 6.02. The third-order valence-corrected chi connectivity index (χ3v) is 5.12. The van der Waals surface area contributed by atoms with Crippen molar-refractivity contribution in [2.45, 2.75) is 12.8 Å². The Hall–Kier alpha value is -3.74. The number of fused-ring (bicyclic) bond motifs is 1. The average molecular weight is 385 g/mol. The van der Waals surface area contributed by atoms with E-state index in [0.29, 0.717) is 11.4 Å². The lowest BCUT2D eigenvalue weighted by molar-refractivity contribution is -0.117. The van der Waals surface area contributed by atoms with Gasteiger partial charge in [-0.05, 0) is 24.5 Å². The van der Waals surface area contributed by atoms with Gasteiger partial charge >= 0.3 is 0 Å². The van der Waals surface area contributed by atoms with Gasteiger partial charge in [0, 0.05) is 22.9 Å². The Kier molecular flexibility index (Phi) is 4.20. The summed E-state index contributed by atoms with van der Waals surface area (Å²) in [6.45, 7) is 0. The van der Waals surface area contributed by atoms with Gasteiger partial charge in [-0.25, -0.2) is 9.97 Å². The molecule has 0 aliphatic heterocycles. The first kappa shape index (κ1) is 17.4. The van der Waals surface area contributed by atoms with Gasteiger partial charge in [-0.3, -0.25) is 9.89 Å². The number of hydrogen-bond acceptors (Lipinski definition) is 5. The van der Waals surface area contributed by atoms with Gasteiger partial charge < -0.3 is 10.1 Å². The second-order valence-corrected chi connectivity index (χ2v) is 7.08. The Morgan fingerprint density at radius 2 is 2.00 bits per heavy atom. The van der Waals surface area contributed by atoms with E-state index in [1.165, 1.54) is 6.33 Å². The molecule has 0 bridgehead atoms. The zero-order chi connectivity index (χ0) is 19.8. The number of carbonyl (C=O) groups is 1. The summed E-state index contributed by atoms with van der Waals surface area (Å²) in [6.07, 6.45) is 5.18. The molecule has 144 valence electrons. The molecule has 29 heavy (non-hydrogen) atoms. The van der Waals surface area contributed by atoms with E-state index >= 15 is 0 Å². The predicted molar refractivity (Wildman–Crippen MR) is 110 cm³/mol. The van der Waals surface area contributed by atoms with Crippen molar-refractivity contribution in [3.8, 4) is 28.3 Å². The van der Waals surface area contributed by atoms with Crippen LogP contribution in [0.15, 0.2) is 55.0 Å². The fraction of sp³-hybridized carbons (Fsp3) is 0.182. The molecule has 1 amide bonds. The molecule has 5 rings (SSSR count). The number of hydrogen-bond donors (Lipinski definition) is 2. The summed E-state index contributed by atoms with van der Waals surface area (Å²) in [6, 6.07) is 13.7. The van der Waals surface area contributed by atoms with E-state index in [2.05, 4.69) is 25.5 Å². The highest BCUT2D eigenvalue weighted by Crippen LogP contribution is 2.38. The number of aromatic amines is 1. The van der Waals surface area contributed by atoms with E-state index in [-0.39, 0.29) is 11.8 Å². The summed E-state index contributed by atoms with van der Waals surface area (Å²) in [5.41, 5.74) is 4.85. The minimum atomic E-state index is 0.0209. The third kappa shape index (κ3) is 3.20. The summed E-state index contributed by atoms with van der Waals surface area (Å²) >= 11 is 0. The van der Waals surface area contributed by atoms with Crippen molar-refractivity contribution in [3.05, 3.63) is 55.0 Å². The number of H-pyrrole nitrogens is 1. The minimum Gasteiger partial charge on any atom is -0.494 e. The van der Waals surface area contributed by atoms with Crippen molar-refractivity contribution in [2.24, 2.45) is 5.92 Å². The maximum Gasteiger partial charge on any atom is 0.227 e. The Morgan fingerprint density at radius 3 is 2.76 bits per heavy atom. The second-order valence-electron chi connectivity index (χ2n) is 7.08. The van der Waals surface area contributed by atoms with Gasteiger partial charge in [0.05, 0.1) is 35.9 Å². The van der Waals surface area contributed by atoms with Crippen LogP contribution in [0.25, 0.3) is 33.4 Å². The van der Waals surface area contributed by atoms with Crippen LogP contribution in [0.1, 0.15) is 12.8 Å². The van der Waals surface area contributed by atoms with Crippen molar-refractivity contribution in [2.75, 3.05) is 12.4 Å². The monoisotopic (exact) mass is 385 g/mol. The van der Waals surface area contributed by atoms with Gasteiger partial charge in [0.15, 0.2) is 0 Å². The topological polar surface area (TPSA) is 92.8 Å². The average Bonchev–Trinajstić information content (AvgIpc) is 3.50. The number of methoxy groups -OCH3 is 1. The van der Waals surface area contributed by atoms with Crippen LogP contribution in [0.2, 0.25) is 0 Å². The Morgan fingerprint density at radius 1 is 1.17 bits per heavy atom. The Labute approximate surface area is 167 Å². The van der Waals surface area contributed by atoms with Gasteiger partial charge in [-0.15, -0.1) is 0 Å². The molecule has 1 fully saturated rings. The van der Waals surface area contributed by atoms with Gasteiger partial charge in [-0.1, -0.05) is 30.3 Å². The smallest absolute Gasteiger partial charge is 0.227 e. The fourth-order valence-electron chi connectivity index (χ4n) is 3.43. The lowest BCUT2D eigenvalue weighted by atomic mass is 10.0. The summed E-state index contributed by atoms with van der Waals surface area (Å²) < 4.78 is 5.48. The van der Waals surface area contributed by atoms with Crippen molar-refractivity contribution in [1.29, 1.82) is 0 Å². The van der Waals surface area contributed by atoms with Gasteiger partial charge in [0.25, 0.3) is 0 Å². The first-order valence-electron chi connectivity index (χ1n) is 9.47. The first-order chi connectivity index (χ1) is 14.2. The van der Waals surface area contributed by atoms with E-state index < -0.39 is 0 Å². The molecule has 1 aliphatic carbocycles. The summed E-state index contributed by atoms with van der Waals surface area (Å²) in [5, 5.41) is 11.1. The zero-order valence-corrected chi connectivity index (χ0v) is 15.8. The van der Waals surface area contributed by atoms with Gasteiger partial charge in [0.1, 0.15) is 12.1 Å². The number of ether oxygens (including phenoxy) is 1. The van der Waals surface area contributed by atoms with Crippen LogP contribution >= 0.6 is 0 Å². The largest absolute Gasteiger partial charge is 0.494 e. The van der Waals surface area contributed by atoms with Crippen molar-refractivity contribution in [3.63, 3.8) is 0 Å². The predicted octanol–water partition coefficient (Wildman–Crippen LogP) is 4.04. The van der Waals surface area contributed by atoms with E-state index in [1.54, 1.807) is 13.3 Å². The number of carbonyl (C=O) groups excluding carboxylic acids is 1. The first-order valence-corrected chi connectivity index (χ1v) is 9.47. The van der Waals surface area contributed by atoms with Crippen LogP contribution in [-0.4, -0.2) is 33.2 Å². The number of rotatable bonds is 5. The molecule has 2 N–H and O–H groups in total. The maximum atomic E-state index is 12.3. The molecule has 2 aromatic carbocycles. The number of anilines is 1. The lowest BCUT2D eigenvalue weighted by Crippen LogP contribution is -2.14. The molecule has 7 heteroatoms. The van der Waals surface area contributed by atoms with Crippen LogP contribution in [0.5, 0.6) is 5.75 Å². The lowest BCUT2D eigenvalue weighted by Gasteiger charge is -2.13. The fourth-order valence-corrected chi connectivity index (χ4v) is 3.43.